The molecule has 0 unspecified atom stereocenters. The van der Waals surface area contributed by atoms with Gasteiger partial charge in [0.2, 0.25) is 0 Å². The Kier molecular flexibility index (Phi) is 4.06. The molecule has 3 aromatic rings. The maximum absolute atomic E-state index is 12.7. The number of fused-ring (bicyclic) bond motifs is 1. The monoisotopic (exact) mass is 344 g/mol. The summed E-state index contributed by atoms with van der Waals surface area (Å²) in [5.74, 6) is -0.846. The van der Waals surface area contributed by atoms with E-state index in [-0.39, 0.29) is 5.91 Å². The molecule has 3 rings (SSSR count). The molecule has 0 aromatic carbocycles. The third kappa shape index (κ3) is 2.88. The number of hydrogen-bond donors (Lipinski definition) is 1. The van der Waals surface area contributed by atoms with Crippen LogP contribution in [0.3, 0.4) is 0 Å². The van der Waals surface area contributed by atoms with Crippen LogP contribution in [0.15, 0.2) is 18.2 Å². The van der Waals surface area contributed by atoms with E-state index in [1.165, 1.54) is 23.0 Å². The molecule has 0 radical (unpaired) electrons. The first kappa shape index (κ1) is 16.1. The third-order valence-electron chi connectivity index (χ3n) is 3.40. The normalized spacial score (nSPS) is 10.8. The molecule has 0 aliphatic carbocycles. The summed E-state index contributed by atoms with van der Waals surface area (Å²) in [6.07, 6.45) is 0. The van der Waals surface area contributed by atoms with Crippen LogP contribution in [-0.4, -0.2) is 33.6 Å². The third-order valence-corrected chi connectivity index (χ3v) is 4.36. The topological polar surface area (TPSA) is 85.6 Å². The number of hydrogen-bond acceptors (Lipinski definition) is 6. The SMILES string of the molecule is COC(=O)c1cc(C)sc1NC(=O)c1cc(C)nc2cc(C)nn12. The van der Waals surface area contributed by atoms with Gasteiger partial charge in [-0.2, -0.15) is 5.10 Å². The average Bonchev–Trinajstić information content (AvgIpc) is 3.07. The minimum atomic E-state index is -0.486. The van der Waals surface area contributed by atoms with E-state index in [1.807, 2.05) is 20.8 Å². The number of esters is 1. The second-order valence-electron chi connectivity index (χ2n) is 5.38. The van der Waals surface area contributed by atoms with E-state index < -0.39 is 5.97 Å². The number of nitrogens with zero attached hydrogens (tertiary/aromatic N) is 3. The fourth-order valence-corrected chi connectivity index (χ4v) is 3.31. The van der Waals surface area contributed by atoms with Gasteiger partial charge < -0.3 is 10.1 Å². The van der Waals surface area contributed by atoms with Crippen molar-refractivity contribution in [2.45, 2.75) is 20.8 Å². The highest BCUT2D eigenvalue weighted by atomic mass is 32.1. The summed E-state index contributed by atoms with van der Waals surface area (Å²) < 4.78 is 6.26. The molecule has 1 amide bonds. The van der Waals surface area contributed by atoms with Crippen molar-refractivity contribution in [3.8, 4) is 0 Å². The first-order valence-electron chi connectivity index (χ1n) is 7.23. The number of rotatable bonds is 3. The van der Waals surface area contributed by atoms with Gasteiger partial charge in [0.05, 0.1) is 18.4 Å². The average molecular weight is 344 g/mol. The highest BCUT2D eigenvalue weighted by molar-refractivity contribution is 7.16. The van der Waals surface area contributed by atoms with Crippen molar-refractivity contribution >= 4 is 33.9 Å². The van der Waals surface area contributed by atoms with E-state index in [0.717, 1.165) is 10.6 Å². The van der Waals surface area contributed by atoms with Crippen LogP contribution in [-0.2, 0) is 4.74 Å². The number of anilines is 1. The van der Waals surface area contributed by atoms with Crippen molar-refractivity contribution in [1.29, 1.82) is 0 Å². The Morgan fingerprint density at radius 3 is 2.62 bits per heavy atom. The highest BCUT2D eigenvalue weighted by Gasteiger charge is 2.20. The number of methoxy groups -OCH3 is 1. The Bertz CT molecular complexity index is 958. The van der Waals surface area contributed by atoms with Crippen LogP contribution < -0.4 is 5.32 Å². The molecule has 0 spiro atoms. The van der Waals surface area contributed by atoms with Crippen molar-refractivity contribution in [3.05, 3.63) is 45.7 Å². The predicted molar refractivity (Wildman–Crippen MR) is 90.8 cm³/mol. The van der Waals surface area contributed by atoms with Gasteiger partial charge in [-0.1, -0.05) is 0 Å². The standard InChI is InChI=1S/C16H16N4O3S/c1-8-5-12(20-13(17-8)6-9(2)19-20)14(21)18-15-11(16(22)23-4)7-10(3)24-15/h5-7H,1-4H3,(H,18,21). The molecule has 0 aliphatic heterocycles. The van der Waals surface area contributed by atoms with Crippen molar-refractivity contribution in [3.63, 3.8) is 0 Å². The Labute approximate surface area is 142 Å². The van der Waals surface area contributed by atoms with Gasteiger partial charge in [0.25, 0.3) is 5.91 Å². The number of thiophene rings is 1. The van der Waals surface area contributed by atoms with Crippen LogP contribution >= 0.6 is 11.3 Å². The quantitative estimate of drug-likeness (QED) is 0.739. The number of aromatic nitrogens is 3. The molecule has 0 bridgehead atoms. The molecule has 3 aromatic heterocycles. The minimum absolute atomic E-state index is 0.340. The van der Waals surface area contributed by atoms with Crippen molar-refractivity contribution in [2.24, 2.45) is 0 Å². The first-order valence-corrected chi connectivity index (χ1v) is 8.05. The summed E-state index contributed by atoms with van der Waals surface area (Å²) in [7, 11) is 1.31. The van der Waals surface area contributed by atoms with E-state index in [1.54, 1.807) is 18.2 Å². The maximum atomic E-state index is 12.7. The smallest absolute Gasteiger partial charge is 0.340 e. The number of nitrogens with one attached hydrogen (secondary N) is 1. The van der Waals surface area contributed by atoms with Gasteiger partial charge in [-0.25, -0.2) is 14.3 Å². The molecule has 0 saturated heterocycles. The number of carbonyl (C=O) groups excluding carboxylic acids is 2. The molecule has 0 fully saturated rings. The maximum Gasteiger partial charge on any atom is 0.340 e. The van der Waals surface area contributed by atoms with E-state index in [4.69, 9.17) is 4.74 Å². The lowest BCUT2D eigenvalue weighted by Gasteiger charge is -2.07. The molecule has 24 heavy (non-hydrogen) atoms. The molecule has 7 nitrogen and oxygen atoms in total. The van der Waals surface area contributed by atoms with Crippen LogP contribution in [0, 0.1) is 20.8 Å². The van der Waals surface area contributed by atoms with Crippen molar-refractivity contribution in [1.82, 2.24) is 14.6 Å². The molecule has 124 valence electrons. The lowest BCUT2D eigenvalue weighted by Crippen LogP contribution is -2.18. The van der Waals surface area contributed by atoms with Gasteiger partial charge in [-0.15, -0.1) is 11.3 Å². The summed E-state index contributed by atoms with van der Waals surface area (Å²) in [5, 5.41) is 7.54. The first-order chi connectivity index (χ1) is 11.4. The predicted octanol–water partition coefficient (Wildman–Crippen LogP) is 2.75. The van der Waals surface area contributed by atoms with Gasteiger partial charge in [0, 0.05) is 16.6 Å². The largest absolute Gasteiger partial charge is 0.465 e. The molecular formula is C16H16N4O3S. The molecule has 0 atom stereocenters. The molecule has 0 aliphatic rings. The zero-order valence-corrected chi connectivity index (χ0v) is 14.5. The number of carbonyl (C=O) groups is 2. The molecule has 3 heterocycles. The minimum Gasteiger partial charge on any atom is -0.465 e. The second-order valence-corrected chi connectivity index (χ2v) is 6.64. The van der Waals surface area contributed by atoms with Crippen LogP contribution in [0.1, 0.15) is 37.1 Å². The fourth-order valence-electron chi connectivity index (χ4n) is 2.41. The Morgan fingerprint density at radius 2 is 1.92 bits per heavy atom. The zero-order chi connectivity index (χ0) is 17.4. The second kappa shape index (κ2) is 6.04. The molecular weight excluding hydrogens is 328 g/mol. The van der Waals surface area contributed by atoms with Crippen LogP contribution in [0.4, 0.5) is 5.00 Å². The lowest BCUT2D eigenvalue weighted by atomic mass is 10.2. The van der Waals surface area contributed by atoms with Gasteiger partial charge >= 0.3 is 5.97 Å². The van der Waals surface area contributed by atoms with Crippen LogP contribution in [0.5, 0.6) is 0 Å². The number of aryl methyl sites for hydroxylation is 3. The van der Waals surface area contributed by atoms with Gasteiger partial charge in [-0.3, -0.25) is 4.79 Å². The zero-order valence-electron chi connectivity index (χ0n) is 13.7. The number of amides is 1. The van der Waals surface area contributed by atoms with Crippen molar-refractivity contribution in [2.75, 3.05) is 12.4 Å². The lowest BCUT2D eigenvalue weighted by molar-refractivity contribution is 0.0602. The number of ether oxygens (including phenoxy) is 1. The summed E-state index contributed by atoms with van der Waals surface area (Å²) in [4.78, 5) is 29.8. The summed E-state index contributed by atoms with van der Waals surface area (Å²) in [6, 6.07) is 5.16. The van der Waals surface area contributed by atoms with Crippen LogP contribution in [0.2, 0.25) is 0 Å². The van der Waals surface area contributed by atoms with Gasteiger partial charge in [0.1, 0.15) is 10.7 Å². The summed E-state index contributed by atoms with van der Waals surface area (Å²) >= 11 is 1.32. The van der Waals surface area contributed by atoms with E-state index in [2.05, 4.69) is 15.4 Å². The Balaban J connectivity index is 2.01. The fraction of sp³-hybridized carbons (Fsp3) is 0.250. The summed E-state index contributed by atoms with van der Waals surface area (Å²) in [5.41, 5.74) is 2.78. The Morgan fingerprint density at radius 1 is 1.17 bits per heavy atom. The Hall–Kier alpha value is -2.74. The molecule has 0 saturated carbocycles. The molecule has 8 heteroatoms. The van der Waals surface area contributed by atoms with E-state index in [0.29, 0.717) is 27.6 Å². The van der Waals surface area contributed by atoms with Crippen LogP contribution in [0.25, 0.3) is 5.65 Å². The van der Waals surface area contributed by atoms with Gasteiger partial charge in [-0.05, 0) is 32.9 Å². The highest BCUT2D eigenvalue weighted by Crippen LogP contribution is 2.28. The van der Waals surface area contributed by atoms with Crippen molar-refractivity contribution < 1.29 is 14.3 Å². The molecule has 1 N–H and O–H groups in total. The van der Waals surface area contributed by atoms with E-state index >= 15 is 0 Å². The summed E-state index contributed by atoms with van der Waals surface area (Å²) in [6.45, 7) is 5.51. The van der Waals surface area contributed by atoms with E-state index in [9.17, 15) is 9.59 Å². The van der Waals surface area contributed by atoms with Gasteiger partial charge in [0.15, 0.2) is 5.65 Å².